The molecule has 3 heteroatoms. The minimum Gasteiger partial charge on any atom is -0.387 e. The summed E-state index contributed by atoms with van der Waals surface area (Å²) in [6.45, 7) is 5.88. The fourth-order valence-electron chi connectivity index (χ4n) is 2.18. The molecule has 1 heterocycles. The van der Waals surface area contributed by atoms with Crippen molar-refractivity contribution in [3.05, 3.63) is 59.9 Å². The summed E-state index contributed by atoms with van der Waals surface area (Å²) in [6, 6.07) is 14.4. The van der Waals surface area contributed by atoms with Gasteiger partial charge in [0.25, 0.3) is 0 Å². The third-order valence-corrected chi connectivity index (χ3v) is 3.46. The zero-order valence-electron chi connectivity index (χ0n) is 12.2. The predicted octanol–water partition coefficient (Wildman–Crippen LogP) is 3.55. The van der Waals surface area contributed by atoms with Crippen LogP contribution >= 0.6 is 0 Å². The third-order valence-electron chi connectivity index (χ3n) is 3.46. The first-order valence-corrected chi connectivity index (χ1v) is 7.17. The summed E-state index contributed by atoms with van der Waals surface area (Å²) in [5.41, 5.74) is 3.11. The summed E-state index contributed by atoms with van der Waals surface area (Å²) in [7, 11) is 0. The van der Waals surface area contributed by atoms with Crippen molar-refractivity contribution in [2.24, 2.45) is 0 Å². The maximum Gasteiger partial charge on any atom is 0.0957 e. The van der Waals surface area contributed by atoms with Crippen molar-refractivity contribution in [2.75, 3.05) is 11.4 Å². The monoisotopic (exact) mass is 270 g/mol. The molecule has 2 rings (SSSR count). The summed E-state index contributed by atoms with van der Waals surface area (Å²) in [5.74, 6) is 0. The molecule has 0 bridgehead atoms. The average molecular weight is 270 g/mol. The fourth-order valence-corrected chi connectivity index (χ4v) is 2.18. The summed E-state index contributed by atoms with van der Waals surface area (Å²) < 4.78 is 0. The number of anilines is 1. The Labute approximate surface area is 120 Å². The van der Waals surface area contributed by atoms with Crippen LogP contribution in [0.25, 0.3) is 0 Å². The molecule has 0 saturated carbocycles. The van der Waals surface area contributed by atoms with Gasteiger partial charge in [-0.3, -0.25) is 4.98 Å². The topological polar surface area (TPSA) is 36.4 Å². The molecule has 0 unspecified atom stereocenters. The quantitative estimate of drug-likeness (QED) is 0.872. The lowest BCUT2D eigenvalue weighted by Crippen LogP contribution is -2.22. The summed E-state index contributed by atoms with van der Waals surface area (Å²) >= 11 is 0. The molecular formula is C17H22N2O. The lowest BCUT2D eigenvalue weighted by molar-refractivity contribution is 0.169. The number of hydrogen-bond acceptors (Lipinski definition) is 3. The Hall–Kier alpha value is -1.87. The maximum absolute atomic E-state index is 9.78. The Kier molecular flexibility index (Phi) is 5.13. The normalized spacial score (nSPS) is 12.2. The number of hydrogen-bond donors (Lipinski definition) is 1. The van der Waals surface area contributed by atoms with E-state index in [0.29, 0.717) is 6.42 Å². The van der Waals surface area contributed by atoms with Gasteiger partial charge in [-0.2, -0.15) is 0 Å². The zero-order chi connectivity index (χ0) is 14.4. The molecule has 2 aromatic rings. The second-order valence-corrected chi connectivity index (χ2v) is 4.87. The smallest absolute Gasteiger partial charge is 0.0957 e. The number of aromatic nitrogens is 1. The van der Waals surface area contributed by atoms with Crippen LogP contribution < -0.4 is 4.90 Å². The van der Waals surface area contributed by atoms with Crippen LogP contribution in [-0.2, 0) is 6.54 Å². The van der Waals surface area contributed by atoms with Crippen LogP contribution in [0.1, 0.15) is 37.6 Å². The van der Waals surface area contributed by atoms with Gasteiger partial charge in [-0.15, -0.1) is 0 Å². The zero-order valence-corrected chi connectivity index (χ0v) is 12.2. The molecule has 3 nitrogen and oxygen atoms in total. The number of nitrogens with zero attached hydrogens (tertiary/aromatic N) is 2. The van der Waals surface area contributed by atoms with E-state index in [-0.39, 0.29) is 0 Å². The van der Waals surface area contributed by atoms with E-state index in [1.165, 1.54) is 5.56 Å². The lowest BCUT2D eigenvalue weighted by Gasteiger charge is -2.23. The van der Waals surface area contributed by atoms with Crippen molar-refractivity contribution >= 4 is 5.69 Å². The second kappa shape index (κ2) is 7.06. The first kappa shape index (κ1) is 14.5. The molecular weight excluding hydrogens is 248 g/mol. The molecule has 20 heavy (non-hydrogen) atoms. The highest BCUT2D eigenvalue weighted by Crippen LogP contribution is 2.19. The van der Waals surface area contributed by atoms with Gasteiger partial charge in [0, 0.05) is 13.1 Å². The van der Waals surface area contributed by atoms with Crippen molar-refractivity contribution < 1.29 is 5.11 Å². The summed E-state index contributed by atoms with van der Waals surface area (Å²) in [6.07, 6.45) is 2.07. The van der Waals surface area contributed by atoms with Crippen LogP contribution in [0.5, 0.6) is 0 Å². The Bertz CT molecular complexity index is 510. The van der Waals surface area contributed by atoms with E-state index in [4.69, 9.17) is 0 Å². The van der Waals surface area contributed by atoms with Gasteiger partial charge in [0.15, 0.2) is 0 Å². The molecule has 0 aliphatic rings. The largest absolute Gasteiger partial charge is 0.387 e. The van der Waals surface area contributed by atoms with E-state index >= 15 is 0 Å². The minimum absolute atomic E-state index is 0.465. The number of rotatable bonds is 6. The fraction of sp³-hybridized carbons (Fsp3) is 0.353. The van der Waals surface area contributed by atoms with Crippen LogP contribution in [0.4, 0.5) is 5.69 Å². The van der Waals surface area contributed by atoms with E-state index < -0.39 is 6.10 Å². The number of aliphatic hydroxyl groups excluding tert-OH is 1. The predicted molar refractivity (Wildman–Crippen MR) is 82.7 cm³/mol. The SMILES string of the molecule is CC[C@@H](O)c1ccc(N(CC)Cc2ccccc2)cn1. The average Bonchev–Trinajstić information content (AvgIpc) is 2.53. The van der Waals surface area contributed by atoms with E-state index in [9.17, 15) is 5.11 Å². The second-order valence-electron chi connectivity index (χ2n) is 4.87. The Morgan fingerprint density at radius 2 is 1.85 bits per heavy atom. The van der Waals surface area contributed by atoms with Crippen molar-refractivity contribution in [1.82, 2.24) is 4.98 Å². The standard InChI is InChI=1S/C17H22N2O/c1-3-17(20)16-11-10-15(12-18-16)19(4-2)13-14-8-6-5-7-9-14/h5-12,17,20H,3-4,13H2,1-2H3/t17-/m1/s1. The molecule has 1 aromatic carbocycles. The van der Waals surface area contributed by atoms with Crippen LogP contribution in [0.2, 0.25) is 0 Å². The van der Waals surface area contributed by atoms with Gasteiger partial charge in [-0.25, -0.2) is 0 Å². The van der Waals surface area contributed by atoms with E-state index in [2.05, 4.69) is 41.1 Å². The van der Waals surface area contributed by atoms with E-state index in [1.807, 2.05) is 31.3 Å². The van der Waals surface area contributed by atoms with Gasteiger partial charge in [-0.1, -0.05) is 37.3 Å². The highest BCUT2D eigenvalue weighted by Gasteiger charge is 2.09. The van der Waals surface area contributed by atoms with Crippen LogP contribution in [0.15, 0.2) is 48.7 Å². The molecule has 0 fully saturated rings. The third kappa shape index (κ3) is 3.58. The van der Waals surface area contributed by atoms with Crippen LogP contribution in [0, 0.1) is 0 Å². The lowest BCUT2D eigenvalue weighted by atomic mass is 10.1. The first-order chi connectivity index (χ1) is 9.74. The van der Waals surface area contributed by atoms with Crippen molar-refractivity contribution in [2.45, 2.75) is 32.9 Å². The van der Waals surface area contributed by atoms with E-state index in [0.717, 1.165) is 24.5 Å². The van der Waals surface area contributed by atoms with Gasteiger partial charge in [-0.05, 0) is 31.0 Å². The first-order valence-electron chi connectivity index (χ1n) is 7.17. The van der Waals surface area contributed by atoms with Crippen LogP contribution in [-0.4, -0.2) is 16.6 Å². The molecule has 0 aliphatic carbocycles. The number of aliphatic hydroxyl groups is 1. The van der Waals surface area contributed by atoms with Crippen molar-refractivity contribution in [1.29, 1.82) is 0 Å². The molecule has 0 amide bonds. The highest BCUT2D eigenvalue weighted by atomic mass is 16.3. The number of pyridine rings is 1. The van der Waals surface area contributed by atoms with Crippen molar-refractivity contribution in [3.63, 3.8) is 0 Å². The molecule has 1 atom stereocenters. The summed E-state index contributed by atoms with van der Waals surface area (Å²) in [5, 5.41) is 9.78. The van der Waals surface area contributed by atoms with Gasteiger partial charge in [0.1, 0.15) is 0 Å². The van der Waals surface area contributed by atoms with Crippen LogP contribution in [0.3, 0.4) is 0 Å². The van der Waals surface area contributed by atoms with E-state index in [1.54, 1.807) is 0 Å². The van der Waals surface area contributed by atoms with Gasteiger partial charge in [0.05, 0.1) is 23.7 Å². The molecule has 1 aromatic heterocycles. The van der Waals surface area contributed by atoms with Gasteiger partial charge >= 0.3 is 0 Å². The molecule has 0 spiro atoms. The van der Waals surface area contributed by atoms with Gasteiger partial charge < -0.3 is 10.0 Å². The van der Waals surface area contributed by atoms with Gasteiger partial charge in [0.2, 0.25) is 0 Å². The molecule has 1 N–H and O–H groups in total. The summed E-state index contributed by atoms with van der Waals surface area (Å²) in [4.78, 5) is 6.64. The Morgan fingerprint density at radius 1 is 1.10 bits per heavy atom. The Balaban J connectivity index is 2.11. The molecule has 106 valence electrons. The highest BCUT2D eigenvalue weighted by molar-refractivity contribution is 5.45. The minimum atomic E-state index is -0.465. The maximum atomic E-state index is 9.78. The Morgan fingerprint density at radius 3 is 2.40 bits per heavy atom. The molecule has 0 radical (unpaired) electrons. The molecule has 0 saturated heterocycles. The van der Waals surface area contributed by atoms with Crippen molar-refractivity contribution in [3.8, 4) is 0 Å². The molecule has 0 aliphatic heterocycles. The number of benzene rings is 1.